The van der Waals surface area contributed by atoms with Gasteiger partial charge in [-0.25, -0.2) is 0 Å². The maximum absolute atomic E-state index is 11.8. The number of halogens is 2. The Labute approximate surface area is 131 Å². The second-order valence-electron chi connectivity index (χ2n) is 4.27. The fraction of sp³-hybridized carbons (Fsp3) is 0.133. The number of anilines is 1. The topological polar surface area (TPSA) is 38.3 Å². The molecule has 0 radical (unpaired) electrons. The number of amides is 1. The lowest BCUT2D eigenvalue weighted by atomic mass is 10.2. The summed E-state index contributed by atoms with van der Waals surface area (Å²) in [4.78, 5) is 11.8. The minimum atomic E-state index is -0.218. The summed E-state index contributed by atoms with van der Waals surface area (Å²) in [5.74, 6) is 0.386. The van der Waals surface area contributed by atoms with Crippen molar-refractivity contribution in [3.05, 3.63) is 57.5 Å². The molecule has 0 heterocycles. The molecule has 2 aromatic rings. The van der Waals surface area contributed by atoms with Gasteiger partial charge in [0, 0.05) is 9.50 Å². The van der Waals surface area contributed by atoms with Gasteiger partial charge in [0.05, 0.1) is 5.69 Å². The summed E-state index contributed by atoms with van der Waals surface area (Å²) in [6.07, 6.45) is 0. The van der Waals surface area contributed by atoms with E-state index in [1.54, 1.807) is 24.3 Å². The Bertz CT molecular complexity index is 614. The van der Waals surface area contributed by atoms with E-state index in [9.17, 15) is 4.79 Å². The van der Waals surface area contributed by atoms with Crippen molar-refractivity contribution in [3.8, 4) is 5.75 Å². The highest BCUT2D eigenvalue weighted by Crippen LogP contribution is 2.23. The molecule has 1 N–H and O–H groups in total. The van der Waals surface area contributed by atoms with E-state index in [-0.39, 0.29) is 12.5 Å². The minimum Gasteiger partial charge on any atom is -0.484 e. The maximum Gasteiger partial charge on any atom is 0.262 e. The van der Waals surface area contributed by atoms with Crippen LogP contribution in [0.3, 0.4) is 0 Å². The second-order valence-corrected chi connectivity index (χ2v) is 5.56. The third-order valence-corrected chi connectivity index (χ3v) is 3.49. The smallest absolute Gasteiger partial charge is 0.262 e. The van der Waals surface area contributed by atoms with Gasteiger partial charge in [-0.05, 0) is 64.8 Å². The molecule has 1 amide bonds. The molecule has 0 saturated carbocycles. The lowest BCUT2D eigenvalue weighted by molar-refractivity contribution is -0.118. The van der Waals surface area contributed by atoms with Crippen molar-refractivity contribution in [2.45, 2.75) is 6.92 Å². The van der Waals surface area contributed by atoms with Crippen LogP contribution in [0.25, 0.3) is 0 Å². The van der Waals surface area contributed by atoms with Gasteiger partial charge in [0.1, 0.15) is 5.75 Å². The number of carbonyl (C=O) groups is 1. The fourth-order valence-electron chi connectivity index (χ4n) is 1.59. The first-order valence-electron chi connectivity index (χ1n) is 5.99. The summed E-state index contributed by atoms with van der Waals surface area (Å²) in [6.45, 7) is 1.93. The lowest BCUT2D eigenvalue weighted by Gasteiger charge is -2.09. The average Bonchev–Trinajstić information content (AvgIpc) is 2.41. The molecule has 0 spiro atoms. The second kappa shape index (κ2) is 6.77. The number of benzene rings is 2. The normalized spacial score (nSPS) is 10.2. The number of ether oxygens (including phenoxy) is 1. The van der Waals surface area contributed by atoms with Crippen LogP contribution in [0.1, 0.15) is 5.56 Å². The molecule has 20 heavy (non-hydrogen) atoms. The fourth-order valence-corrected chi connectivity index (χ4v) is 2.31. The molecule has 104 valence electrons. The zero-order chi connectivity index (χ0) is 14.5. The standard InChI is InChI=1S/C15H13BrClNO2/c1-10-2-7-14(13(16)8-10)18-15(19)9-20-12-5-3-11(17)4-6-12/h2-8H,9H2,1H3,(H,18,19). The van der Waals surface area contributed by atoms with Gasteiger partial charge in [0.2, 0.25) is 0 Å². The van der Waals surface area contributed by atoms with Crippen LogP contribution in [0.2, 0.25) is 5.02 Å². The van der Waals surface area contributed by atoms with Crippen LogP contribution in [-0.4, -0.2) is 12.5 Å². The Morgan fingerprint density at radius 1 is 1.25 bits per heavy atom. The third kappa shape index (κ3) is 4.25. The van der Waals surface area contributed by atoms with E-state index in [0.717, 1.165) is 15.7 Å². The Hall–Kier alpha value is -1.52. The Balaban J connectivity index is 1.90. The summed E-state index contributed by atoms with van der Waals surface area (Å²) in [6, 6.07) is 12.6. The molecule has 2 aromatic carbocycles. The highest BCUT2D eigenvalue weighted by molar-refractivity contribution is 9.10. The van der Waals surface area contributed by atoms with E-state index in [4.69, 9.17) is 16.3 Å². The molecule has 2 rings (SSSR count). The van der Waals surface area contributed by atoms with Crippen LogP contribution < -0.4 is 10.1 Å². The van der Waals surface area contributed by atoms with Gasteiger partial charge in [0.15, 0.2) is 6.61 Å². The van der Waals surface area contributed by atoms with Crippen molar-refractivity contribution in [1.82, 2.24) is 0 Å². The monoisotopic (exact) mass is 353 g/mol. The van der Waals surface area contributed by atoms with Crippen molar-refractivity contribution < 1.29 is 9.53 Å². The largest absolute Gasteiger partial charge is 0.484 e. The van der Waals surface area contributed by atoms with Crippen LogP contribution in [0.4, 0.5) is 5.69 Å². The molecular formula is C15H13BrClNO2. The molecule has 0 aromatic heterocycles. The Morgan fingerprint density at radius 3 is 2.60 bits per heavy atom. The van der Waals surface area contributed by atoms with Crippen LogP contribution >= 0.6 is 27.5 Å². The van der Waals surface area contributed by atoms with Crippen LogP contribution in [-0.2, 0) is 4.79 Å². The summed E-state index contributed by atoms with van der Waals surface area (Å²) in [5, 5.41) is 3.41. The molecular weight excluding hydrogens is 342 g/mol. The molecule has 0 bridgehead atoms. The van der Waals surface area contributed by atoms with E-state index in [2.05, 4.69) is 21.2 Å². The highest BCUT2D eigenvalue weighted by atomic mass is 79.9. The first-order chi connectivity index (χ1) is 9.54. The highest BCUT2D eigenvalue weighted by Gasteiger charge is 2.06. The maximum atomic E-state index is 11.8. The predicted octanol–water partition coefficient (Wildman–Crippen LogP) is 4.43. The number of hydrogen-bond acceptors (Lipinski definition) is 2. The predicted molar refractivity (Wildman–Crippen MR) is 84.5 cm³/mol. The summed E-state index contributed by atoms with van der Waals surface area (Å²) < 4.78 is 6.22. The van der Waals surface area contributed by atoms with Crippen LogP contribution in [0.5, 0.6) is 5.75 Å². The molecule has 0 aliphatic carbocycles. The van der Waals surface area contributed by atoms with Crippen molar-refractivity contribution >= 4 is 39.1 Å². The number of aryl methyl sites for hydroxylation is 1. The van der Waals surface area contributed by atoms with E-state index in [1.807, 2.05) is 25.1 Å². The molecule has 0 aliphatic rings. The number of nitrogens with one attached hydrogen (secondary N) is 1. The summed E-state index contributed by atoms with van der Waals surface area (Å²) in [7, 11) is 0. The van der Waals surface area contributed by atoms with E-state index < -0.39 is 0 Å². The zero-order valence-electron chi connectivity index (χ0n) is 10.8. The van der Waals surface area contributed by atoms with Crippen molar-refractivity contribution in [1.29, 1.82) is 0 Å². The quantitative estimate of drug-likeness (QED) is 0.882. The van der Waals surface area contributed by atoms with E-state index in [1.165, 1.54) is 0 Å². The summed E-state index contributed by atoms with van der Waals surface area (Å²) in [5.41, 5.74) is 1.84. The van der Waals surface area contributed by atoms with Gasteiger partial charge in [-0.1, -0.05) is 17.7 Å². The Morgan fingerprint density at radius 2 is 1.95 bits per heavy atom. The van der Waals surface area contributed by atoms with Gasteiger partial charge in [-0.15, -0.1) is 0 Å². The summed E-state index contributed by atoms with van der Waals surface area (Å²) >= 11 is 9.18. The van der Waals surface area contributed by atoms with Crippen molar-refractivity contribution in [2.75, 3.05) is 11.9 Å². The van der Waals surface area contributed by atoms with Gasteiger partial charge < -0.3 is 10.1 Å². The molecule has 0 fully saturated rings. The first-order valence-corrected chi connectivity index (χ1v) is 7.16. The SMILES string of the molecule is Cc1ccc(NC(=O)COc2ccc(Cl)cc2)c(Br)c1. The Kier molecular flexibility index (Phi) is 5.04. The van der Waals surface area contributed by atoms with Crippen LogP contribution in [0.15, 0.2) is 46.9 Å². The molecule has 0 atom stereocenters. The molecule has 3 nitrogen and oxygen atoms in total. The lowest BCUT2D eigenvalue weighted by Crippen LogP contribution is -2.20. The number of carbonyl (C=O) groups excluding carboxylic acids is 1. The molecule has 0 saturated heterocycles. The number of rotatable bonds is 4. The van der Waals surface area contributed by atoms with E-state index in [0.29, 0.717) is 10.8 Å². The molecule has 5 heteroatoms. The van der Waals surface area contributed by atoms with Gasteiger partial charge in [-0.3, -0.25) is 4.79 Å². The third-order valence-electron chi connectivity index (χ3n) is 2.58. The zero-order valence-corrected chi connectivity index (χ0v) is 13.2. The average molecular weight is 355 g/mol. The minimum absolute atomic E-state index is 0.0536. The van der Waals surface area contributed by atoms with Gasteiger partial charge in [-0.2, -0.15) is 0 Å². The van der Waals surface area contributed by atoms with Gasteiger partial charge >= 0.3 is 0 Å². The van der Waals surface area contributed by atoms with Gasteiger partial charge in [0.25, 0.3) is 5.91 Å². The first kappa shape index (κ1) is 14.9. The number of hydrogen-bond donors (Lipinski definition) is 1. The van der Waals surface area contributed by atoms with Crippen molar-refractivity contribution in [3.63, 3.8) is 0 Å². The molecule has 0 aliphatic heterocycles. The van der Waals surface area contributed by atoms with Crippen molar-refractivity contribution in [2.24, 2.45) is 0 Å². The molecule has 0 unspecified atom stereocenters. The van der Waals surface area contributed by atoms with E-state index >= 15 is 0 Å². The van der Waals surface area contributed by atoms with Crippen LogP contribution in [0, 0.1) is 6.92 Å².